The number of alkyl halides is 3. The minimum absolute atomic E-state index is 0.399. The van der Waals surface area contributed by atoms with Crippen molar-refractivity contribution in [3.05, 3.63) is 0 Å². The molecule has 0 saturated carbocycles. The summed E-state index contributed by atoms with van der Waals surface area (Å²) in [6.45, 7) is 0.814. The molecule has 0 atom stereocenters. The molecule has 1 saturated heterocycles. The number of nitrogens with zero attached hydrogens (tertiary/aromatic N) is 1. The molecule has 0 radical (unpaired) electrons. The van der Waals surface area contributed by atoms with Gasteiger partial charge in [-0.1, -0.05) is 0 Å². The van der Waals surface area contributed by atoms with Crippen LogP contribution in [0.4, 0.5) is 13.2 Å². The number of hydrogen-bond donors (Lipinski definition) is 0. The van der Waals surface area contributed by atoms with Crippen molar-refractivity contribution in [1.82, 2.24) is 5.06 Å². The van der Waals surface area contributed by atoms with Crippen molar-refractivity contribution in [3.8, 4) is 0 Å². The Kier molecular flexibility index (Phi) is 3.74. The van der Waals surface area contributed by atoms with Crippen molar-refractivity contribution >= 4 is 5.91 Å². The fourth-order valence-corrected chi connectivity index (χ4v) is 1.17. The smallest absolute Gasteiger partial charge is 0.273 e. The van der Waals surface area contributed by atoms with E-state index in [1.807, 2.05) is 0 Å². The first-order valence-corrected chi connectivity index (χ1v) is 4.49. The van der Waals surface area contributed by atoms with Gasteiger partial charge >= 0.3 is 6.18 Å². The molecule has 0 spiro atoms. The number of hydroxylamine groups is 2. The highest BCUT2D eigenvalue weighted by molar-refractivity contribution is 5.75. The fraction of sp³-hybridized carbons (Fsp3) is 0.875. The maximum Gasteiger partial charge on any atom is 0.389 e. The van der Waals surface area contributed by atoms with Gasteiger partial charge in [-0.3, -0.25) is 9.63 Å². The van der Waals surface area contributed by atoms with Crippen LogP contribution < -0.4 is 0 Å². The maximum atomic E-state index is 11.8. The summed E-state index contributed by atoms with van der Waals surface area (Å²) in [5.74, 6) is -0.581. The molecule has 0 aliphatic carbocycles. The quantitative estimate of drug-likeness (QED) is 0.698. The second-order valence-corrected chi connectivity index (χ2v) is 3.15. The summed E-state index contributed by atoms with van der Waals surface area (Å²) in [5, 5.41) is 1.04. The first-order chi connectivity index (χ1) is 6.49. The predicted octanol–water partition coefficient (Wildman–Crippen LogP) is 1.88. The molecule has 0 bridgehead atoms. The van der Waals surface area contributed by atoms with Crippen LogP contribution in [0.5, 0.6) is 0 Å². The lowest BCUT2D eigenvalue weighted by molar-refractivity contribution is -0.201. The van der Waals surface area contributed by atoms with Crippen molar-refractivity contribution in [1.29, 1.82) is 0 Å². The van der Waals surface area contributed by atoms with Crippen molar-refractivity contribution in [2.24, 2.45) is 0 Å². The summed E-state index contributed by atoms with van der Waals surface area (Å²) >= 11 is 0. The van der Waals surface area contributed by atoms with E-state index < -0.39 is 24.9 Å². The summed E-state index contributed by atoms with van der Waals surface area (Å²) in [5.41, 5.74) is 0. The molecule has 0 N–H and O–H groups in total. The molecule has 0 unspecified atom stereocenters. The van der Waals surface area contributed by atoms with Crippen molar-refractivity contribution in [3.63, 3.8) is 0 Å². The van der Waals surface area contributed by atoms with Crippen LogP contribution in [0, 0.1) is 0 Å². The van der Waals surface area contributed by atoms with E-state index in [4.69, 9.17) is 4.84 Å². The Morgan fingerprint density at radius 2 is 2.07 bits per heavy atom. The van der Waals surface area contributed by atoms with Crippen LogP contribution in [0.15, 0.2) is 0 Å². The van der Waals surface area contributed by atoms with E-state index in [0.717, 1.165) is 17.9 Å². The van der Waals surface area contributed by atoms with Gasteiger partial charge in [0.25, 0.3) is 0 Å². The standard InChI is InChI=1S/C8H12F3NO2/c9-8(10,11)4-3-7(13)12-5-1-2-6-14-12/h1-6H2. The predicted molar refractivity (Wildman–Crippen MR) is 42.2 cm³/mol. The van der Waals surface area contributed by atoms with Crippen LogP contribution in [-0.2, 0) is 9.63 Å². The average Bonchev–Trinajstić information content (AvgIpc) is 2.14. The van der Waals surface area contributed by atoms with E-state index in [2.05, 4.69) is 0 Å². The molecular formula is C8H12F3NO2. The Labute approximate surface area is 79.8 Å². The number of rotatable bonds is 2. The van der Waals surface area contributed by atoms with Crippen molar-refractivity contribution < 1.29 is 22.8 Å². The summed E-state index contributed by atoms with van der Waals surface area (Å²) in [6, 6.07) is 0. The molecule has 0 aromatic heterocycles. The number of halogens is 3. The van der Waals surface area contributed by atoms with E-state index in [-0.39, 0.29) is 0 Å². The monoisotopic (exact) mass is 211 g/mol. The molecule has 1 amide bonds. The number of hydrogen-bond acceptors (Lipinski definition) is 2. The van der Waals surface area contributed by atoms with Crippen LogP contribution in [0.25, 0.3) is 0 Å². The van der Waals surface area contributed by atoms with E-state index in [1.165, 1.54) is 0 Å². The summed E-state index contributed by atoms with van der Waals surface area (Å²) in [7, 11) is 0. The zero-order valence-corrected chi connectivity index (χ0v) is 7.64. The van der Waals surface area contributed by atoms with Crippen molar-refractivity contribution in [2.45, 2.75) is 31.9 Å². The number of carbonyl (C=O) groups excluding carboxylic acids is 1. The maximum absolute atomic E-state index is 11.8. The normalized spacial score (nSPS) is 18.4. The minimum Gasteiger partial charge on any atom is -0.273 e. The van der Waals surface area contributed by atoms with Gasteiger partial charge in [-0.05, 0) is 12.8 Å². The molecule has 3 nitrogen and oxygen atoms in total. The molecule has 1 heterocycles. The molecule has 1 rings (SSSR count). The Bertz CT molecular complexity index is 199. The Morgan fingerprint density at radius 3 is 2.57 bits per heavy atom. The van der Waals surface area contributed by atoms with Gasteiger partial charge in [-0.15, -0.1) is 0 Å². The largest absolute Gasteiger partial charge is 0.389 e. The number of carbonyl (C=O) groups is 1. The average molecular weight is 211 g/mol. The highest BCUT2D eigenvalue weighted by atomic mass is 19.4. The Hall–Kier alpha value is -0.780. The molecular weight excluding hydrogens is 199 g/mol. The molecule has 6 heteroatoms. The fourth-order valence-electron chi connectivity index (χ4n) is 1.17. The lowest BCUT2D eigenvalue weighted by atomic mass is 10.2. The Morgan fingerprint density at radius 1 is 1.36 bits per heavy atom. The molecule has 14 heavy (non-hydrogen) atoms. The zero-order chi connectivity index (χ0) is 10.6. The van der Waals surface area contributed by atoms with Crippen LogP contribution >= 0.6 is 0 Å². The third kappa shape index (κ3) is 3.95. The lowest BCUT2D eigenvalue weighted by Crippen LogP contribution is -2.36. The summed E-state index contributed by atoms with van der Waals surface area (Å²) in [6.07, 6.45) is -4.23. The van der Waals surface area contributed by atoms with Gasteiger partial charge in [0.2, 0.25) is 5.91 Å². The molecule has 1 aliphatic heterocycles. The van der Waals surface area contributed by atoms with Gasteiger partial charge < -0.3 is 0 Å². The molecule has 1 aliphatic rings. The van der Waals surface area contributed by atoms with Crippen LogP contribution in [0.3, 0.4) is 0 Å². The van der Waals surface area contributed by atoms with Gasteiger partial charge in [0, 0.05) is 13.0 Å². The zero-order valence-electron chi connectivity index (χ0n) is 7.64. The summed E-state index contributed by atoms with van der Waals surface area (Å²) in [4.78, 5) is 16.1. The third-order valence-corrected chi connectivity index (χ3v) is 1.90. The van der Waals surface area contributed by atoms with Gasteiger partial charge in [-0.25, -0.2) is 5.06 Å². The number of amides is 1. The third-order valence-electron chi connectivity index (χ3n) is 1.90. The first-order valence-electron chi connectivity index (χ1n) is 4.49. The Balaban J connectivity index is 2.27. The lowest BCUT2D eigenvalue weighted by Gasteiger charge is -2.25. The molecule has 1 fully saturated rings. The van der Waals surface area contributed by atoms with Gasteiger partial charge in [0.1, 0.15) is 0 Å². The van der Waals surface area contributed by atoms with Gasteiger partial charge in [0.15, 0.2) is 0 Å². The summed E-state index contributed by atoms with van der Waals surface area (Å²) < 4.78 is 35.3. The first kappa shape index (κ1) is 11.3. The molecule has 82 valence electrons. The van der Waals surface area contributed by atoms with Crippen LogP contribution in [0.2, 0.25) is 0 Å². The van der Waals surface area contributed by atoms with E-state index >= 15 is 0 Å². The highest BCUT2D eigenvalue weighted by Gasteiger charge is 2.29. The second-order valence-electron chi connectivity index (χ2n) is 3.15. The molecule has 0 aromatic carbocycles. The van der Waals surface area contributed by atoms with E-state index in [1.54, 1.807) is 0 Å². The minimum atomic E-state index is -4.27. The van der Waals surface area contributed by atoms with Crippen LogP contribution in [0.1, 0.15) is 25.7 Å². The van der Waals surface area contributed by atoms with Crippen molar-refractivity contribution in [2.75, 3.05) is 13.2 Å². The van der Waals surface area contributed by atoms with Crippen LogP contribution in [-0.4, -0.2) is 30.3 Å². The van der Waals surface area contributed by atoms with E-state index in [0.29, 0.717) is 13.2 Å². The second kappa shape index (κ2) is 4.63. The van der Waals surface area contributed by atoms with E-state index in [9.17, 15) is 18.0 Å². The molecule has 0 aromatic rings. The highest BCUT2D eigenvalue weighted by Crippen LogP contribution is 2.22. The van der Waals surface area contributed by atoms with Gasteiger partial charge in [0.05, 0.1) is 13.0 Å². The topological polar surface area (TPSA) is 29.5 Å². The SMILES string of the molecule is O=C(CCC(F)(F)F)N1CCCCO1. The van der Waals surface area contributed by atoms with Gasteiger partial charge in [-0.2, -0.15) is 13.2 Å².